The summed E-state index contributed by atoms with van der Waals surface area (Å²) in [5, 5.41) is 0. The molecule has 0 amide bonds. The average molecular weight is 293 g/mol. The Hall–Kier alpha value is -1.76. The standard InChI is InChI=1S/C14H15NO4S/c1-18-20(16,17)19-10-8-12-4-6-13(7-5-12)14-3-2-9-15-11-14/h2-7,9,11H,8,10H2,1H3. The predicted molar refractivity (Wildman–Crippen MR) is 75.3 cm³/mol. The van der Waals surface area contributed by atoms with E-state index in [9.17, 15) is 8.42 Å². The maximum Gasteiger partial charge on any atom is 0.399 e. The third-order valence-electron chi connectivity index (χ3n) is 2.77. The highest BCUT2D eigenvalue weighted by atomic mass is 32.3. The Morgan fingerprint density at radius 3 is 2.45 bits per heavy atom. The summed E-state index contributed by atoms with van der Waals surface area (Å²) in [7, 11) is -2.78. The molecular formula is C14H15NO4S. The van der Waals surface area contributed by atoms with Crippen molar-refractivity contribution in [3.05, 3.63) is 54.4 Å². The van der Waals surface area contributed by atoms with Crippen LogP contribution in [0.3, 0.4) is 0 Å². The van der Waals surface area contributed by atoms with Gasteiger partial charge in [0.1, 0.15) is 0 Å². The van der Waals surface area contributed by atoms with Crippen molar-refractivity contribution >= 4 is 10.4 Å². The molecular weight excluding hydrogens is 278 g/mol. The van der Waals surface area contributed by atoms with E-state index < -0.39 is 10.4 Å². The highest BCUT2D eigenvalue weighted by molar-refractivity contribution is 7.81. The number of benzene rings is 1. The van der Waals surface area contributed by atoms with E-state index in [2.05, 4.69) is 13.4 Å². The number of hydrogen-bond donors (Lipinski definition) is 0. The molecule has 0 atom stereocenters. The molecule has 0 radical (unpaired) electrons. The van der Waals surface area contributed by atoms with Gasteiger partial charge in [-0.05, 0) is 29.2 Å². The fraction of sp³-hybridized carbons (Fsp3) is 0.214. The molecule has 1 aromatic heterocycles. The molecule has 5 nitrogen and oxygen atoms in total. The SMILES string of the molecule is COS(=O)(=O)OCCc1ccc(-c2cccnc2)cc1. The molecule has 0 N–H and O–H groups in total. The number of nitrogens with zero attached hydrogens (tertiary/aromatic N) is 1. The van der Waals surface area contributed by atoms with Gasteiger partial charge in [0.05, 0.1) is 13.7 Å². The zero-order valence-electron chi connectivity index (χ0n) is 11.0. The van der Waals surface area contributed by atoms with Crippen LogP contribution in [-0.4, -0.2) is 27.1 Å². The van der Waals surface area contributed by atoms with E-state index in [0.29, 0.717) is 6.42 Å². The summed E-state index contributed by atoms with van der Waals surface area (Å²) in [5.41, 5.74) is 3.09. The van der Waals surface area contributed by atoms with Gasteiger partial charge in [0, 0.05) is 12.4 Å². The topological polar surface area (TPSA) is 65.5 Å². The van der Waals surface area contributed by atoms with Gasteiger partial charge < -0.3 is 0 Å². The fourth-order valence-corrected chi connectivity index (χ4v) is 2.09. The van der Waals surface area contributed by atoms with Crippen LogP contribution in [0.2, 0.25) is 0 Å². The van der Waals surface area contributed by atoms with E-state index in [1.807, 2.05) is 36.4 Å². The molecule has 106 valence electrons. The summed E-state index contributed by atoms with van der Waals surface area (Å²) in [6.45, 7) is 0.0579. The predicted octanol–water partition coefficient (Wildman–Crippen LogP) is 2.20. The Kier molecular flexibility index (Phi) is 4.84. The van der Waals surface area contributed by atoms with Gasteiger partial charge in [0.2, 0.25) is 0 Å². The zero-order valence-corrected chi connectivity index (χ0v) is 11.8. The highest BCUT2D eigenvalue weighted by Gasteiger charge is 2.08. The molecule has 6 heteroatoms. The molecule has 20 heavy (non-hydrogen) atoms. The van der Waals surface area contributed by atoms with E-state index >= 15 is 0 Å². The van der Waals surface area contributed by atoms with Crippen LogP contribution < -0.4 is 0 Å². The molecule has 0 bridgehead atoms. The average Bonchev–Trinajstić information content (AvgIpc) is 2.49. The Morgan fingerprint density at radius 2 is 1.85 bits per heavy atom. The Balaban J connectivity index is 1.96. The highest BCUT2D eigenvalue weighted by Crippen LogP contribution is 2.18. The minimum absolute atomic E-state index is 0.0579. The zero-order chi connectivity index (χ0) is 14.4. The van der Waals surface area contributed by atoms with Gasteiger partial charge in [0.15, 0.2) is 0 Å². The van der Waals surface area contributed by atoms with Crippen LogP contribution >= 0.6 is 0 Å². The van der Waals surface area contributed by atoms with Gasteiger partial charge in [-0.25, -0.2) is 4.18 Å². The van der Waals surface area contributed by atoms with Gasteiger partial charge in [0.25, 0.3) is 0 Å². The molecule has 0 saturated carbocycles. The van der Waals surface area contributed by atoms with Crippen molar-refractivity contribution in [3.63, 3.8) is 0 Å². The van der Waals surface area contributed by atoms with Crippen LogP contribution in [0.25, 0.3) is 11.1 Å². The summed E-state index contributed by atoms with van der Waals surface area (Å²) in [6.07, 6.45) is 4.02. The quantitative estimate of drug-likeness (QED) is 0.817. The van der Waals surface area contributed by atoms with E-state index in [4.69, 9.17) is 0 Å². The maximum absolute atomic E-state index is 11.0. The Bertz CT molecular complexity index is 639. The van der Waals surface area contributed by atoms with Crippen molar-refractivity contribution in [2.75, 3.05) is 13.7 Å². The van der Waals surface area contributed by atoms with Crippen molar-refractivity contribution in [2.24, 2.45) is 0 Å². The van der Waals surface area contributed by atoms with Crippen molar-refractivity contribution in [2.45, 2.75) is 6.42 Å². The van der Waals surface area contributed by atoms with E-state index in [-0.39, 0.29) is 6.61 Å². The van der Waals surface area contributed by atoms with Crippen LogP contribution in [0.15, 0.2) is 48.8 Å². The minimum atomic E-state index is -3.85. The first kappa shape index (κ1) is 14.6. The van der Waals surface area contributed by atoms with Gasteiger partial charge in [-0.2, -0.15) is 8.42 Å². The van der Waals surface area contributed by atoms with Gasteiger partial charge >= 0.3 is 10.4 Å². The molecule has 1 aromatic carbocycles. The summed E-state index contributed by atoms with van der Waals surface area (Å²) in [5.74, 6) is 0. The van der Waals surface area contributed by atoms with Crippen LogP contribution in [0, 0.1) is 0 Å². The Morgan fingerprint density at radius 1 is 1.10 bits per heavy atom. The Labute approximate surface area is 118 Å². The fourth-order valence-electron chi connectivity index (χ4n) is 1.71. The van der Waals surface area contributed by atoms with Gasteiger partial charge in [-0.1, -0.05) is 30.3 Å². The van der Waals surface area contributed by atoms with Crippen molar-refractivity contribution in [1.82, 2.24) is 4.98 Å². The number of aromatic nitrogens is 1. The molecule has 0 spiro atoms. The first-order valence-electron chi connectivity index (χ1n) is 6.05. The number of rotatable bonds is 6. The molecule has 2 aromatic rings. The summed E-state index contributed by atoms with van der Waals surface area (Å²) >= 11 is 0. The second-order valence-electron chi connectivity index (χ2n) is 4.09. The lowest BCUT2D eigenvalue weighted by Gasteiger charge is -2.05. The largest absolute Gasteiger partial charge is 0.399 e. The summed E-state index contributed by atoms with van der Waals surface area (Å²) < 4.78 is 30.8. The third kappa shape index (κ3) is 4.12. The third-order valence-corrected chi connectivity index (χ3v) is 3.63. The first-order chi connectivity index (χ1) is 9.61. The van der Waals surface area contributed by atoms with E-state index in [1.54, 1.807) is 12.4 Å². The molecule has 0 aliphatic heterocycles. The second-order valence-corrected chi connectivity index (χ2v) is 5.47. The number of pyridine rings is 1. The molecule has 0 fully saturated rings. The monoisotopic (exact) mass is 293 g/mol. The van der Waals surface area contributed by atoms with Crippen LogP contribution in [0.1, 0.15) is 5.56 Å². The maximum atomic E-state index is 11.0. The molecule has 2 rings (SSSR count). The summed E-state index contributed by atoms with van der Waals surface area (Å²) in [6, 6.07) is 11.7. The lowest BCUT2D eigenvalue weighted by atomic mass is 10.0. The van der Waals surface area contributed by atoms with E-state index in [1.165, 1.54) is 0 Å². The van der Waals surface area contributed by atoms with E-state index in [0.717, 1.165) is 23.8 Å². The number of hydrogen-bond acceptors (Lipinski definition) is 5. The first-order valence-corrected chi connectivity index (χ1v) is 7.38. The van der Waals surface area contributed by atoms with Gasteiger partial charge in [-0.15, -0.1) is 0 Å². The minimum Gasteiger partial charge on any atom is -0.264 e. The second kappa shape index (κ2) is 6.60. The molecule has 0 aliphatic carbocycles. The van der Waals surface area contributed by atoms with Crippen LogP contribution in [-0.2, 0) is 25.2 Å². The van der Waals surface area contributed by atoms with Crippen molar-refractivity contribution < 1.29 is 16.8 Å². The summed E-state index contributed by atoms with van der Waals surface area (Å²) in [4.78, 5) is 4.07. The lowest BCUT2D eigenvalue weighted by molar-refractivity contribution is 0.246. The van der Waals surface area contributed by atoms with Crippen LogP contribution in [0.4, 0.5) is 0 Å². The smallest absolute Gasteiger partial charge is 0.264 e. The normalized spacial score (nSPS) is 11.4. The van der Waals surface area contributed by atoms with Crippen LogP contribution in [0.5, 0.6) is 0 Å². The molecule has 0 aliphatic rings. The van der Waals surface area contributed by atoms with Gasteiger partial charge in [-0.3, -0.25) is 9.17 Å². The van der Waals surface area contributed by atoms with Crippen molar-refractivity contribution in [3.8, 4) is 11.1 Å². The molecule has 1 heterocycles. The van der Waals surface area contributed by atoms with Crippen molar-refractivity contribution in [1.29, 1.82) is 0 Å². The molecule has 0 saturated heterocycles. The lowest BCUT2D eigenvalue weighted by Crippen LogP contribution is -2.09. The molecule has 0 unspecified atom stereocenters.